The van der Waals surface area contributed by atoms with Crippen LogP contribution in [0.3, 0.4) is 0 Å². The van der Waals surface area contributed by atoms with Crippen molar-refractivity contribution in [1.29, 1.82) is 0 Å². The molecule has 2 nitrogen and oxygen atoms in total. The lowest BCUT2D eigenvalue weighted by Crippen LogP contribution is -2.38. The second-order valence-electron chi connectivity index (χ2n) is 4.95. The molecular formula is C15H18N2. The minimum absolute atomic E-state index is 0.431. The Bertz CT molecular complexity index is 512. The molecule has 17 heavy (non-hydrogen) atoms. The fourth-order valence-corrected chi connectivity index (χ4v) is 2.57. The minimum Gasteiger partial charge on any atom is -0.271 e. The molecule has 2 heteroatoms. The first kappa shape index (κ1) is 10.8. The largest absolute Gasteiger partial charge is 0.271 e. The zero-order chi connectivity index (χ0) is 11.7. The third-order valence-electron chi connectivity index (χ3n) is 3.72. The molecule has 3 rings (SSSR count). The Balaban J connectivity index is 1.93. The van der Waals surface area contributed by atoms with Crippen molar-refractivity contribution in [2.45, 2.75) is 25.3 Å². The highest BCUT2D eigenvalue weighted by Crippen LogP contribution is 2.34. The van der Waals surface area contributed by atoms with Gasteiger partial charge >= 0.3 is 0 Å². The molecule has 0 spiro atoms. The monoisotopic (exact) mass is 226 g/mol. The molecule has 1 fully saturated rings. The Morgan fingerprint density at radius 2 is 1.88 bits per heavy atom. The predicted octanol–water partition coefficient (Wildman–Crippen LogP) is 2.62. The fraction of sp³-hybridized carbons (Fsp3) is 0.333. The molecule has 0 amide bonds. The van der Waals surface area contributed by atoms with Crippen LogP contribution in [-0.2, 0) is 6.42 Å². The van der Waals surface area contributed by atoms with Crippen molar-refractivity contribution in [3.8, 4) is 0 Å². The standard InChI is InChI=1S/C15H18N2/c16-17-15(12-8-9-12)10-13-6-3-5-11-4-1-2-7-14(11)13/h1-7,12,15,17H,8-10,16H2. The van der Waals surface area contributed by atoms with E-state index in [1.807, 2.05) is 0 Å². The van der Waals surface area contributed by atoms with E-state index < -0.39 is 0 Å². The molecule has 0 radical (unpaired) electrons. The Kier molecular flexibility index (Phi) is 2.83. The molecule has 88 valence electrons. The van der Waals surface area contributed by atoms with Crippen LogP contribution in [0.2, 0.25) is 0 Å². The lowest BCUT2D eigenvalue weighted by Gasteiger charge is -2.16. The van der Waals surface area contributed by atoms with Gasteiger partial charge in [-0.25, -0.2) is 0 Å². The van der Waals surface area contributed by atoms with Crippen LogP contribution in [0.5, 0.6) is 0 Å². The van der Waals surface area contributed by atoms with Crippen LogP contribution in [-0.4, -0.2) is 6.04 Å². The summed E-state index contributed by atoms with van der Waals surface area (Å²) < 4.78 is 0. The molecule has 1 atom stereocenters. The van der Waals surface area contributed by atoms with E-state index in [4.69, 9.17) is 5.84 Å². The smallest absolute Gasteiger partial charge is 0.0279 e. The van der Waals surface area contributed by atoms with E-state index in [2.05, 4.69) is 47.9 Å². The summed E-state index contributed by atoms with van der Waals surface area (Å²) in [6.07, 6.45) is 3.67. The number of rotatable bonds is 4. The summed E-state index contributed by atoms with van der Waals surface area (Å²) in [5.74, 6) is 6.43. The minimum atomic E-state index is 0.431. The molecule has 3 N–H and O–H groups in total. The van der Waals surface area contributed by atoms with Crippen molar-refractivity contribution in [3.05, 3.63) is 48.0 Å². The van der Waals surface area contributed by atoms with Crippen LogP contribution in [0.1, 0.15) is 18.4 Å². The van der Waals surface area contributed by atoms with Crippen molar-refractivity contribution in [1.82, 2.24) is 5.43 Å². The van der Waals surface area contributed by atoms with Gasteiger partial charge in [-0.15, -0.1) is 0 Å². The maximum atomic E-state index is 5.66. The van der Waals surface area contributed by atoms with Gasteiger partial charge in [0.15, 0.2) is 0 Å². The van der Waals surface area contributed by atoms with Gasteiger partial charge < -0.3 is 0 Å². The number of hydrogen-bond acceptors (Lipinski definition) is 2. The van der Waals surface area contributed by atoms with Gasteiger partial charge in [0, 0.05) is 6.04 Å². The third-order valence-corrected chi connectivity index (χ3v) is 3.72. The SMILES string of the molecule is NNC(Cc1cccc2ccccc12)C1CC1. The molecule has 0 bridgehead atoms. The molecule has 2 aromatic rings. The first-order chi connectivity index (χ1) is 8.38. The molecule has 0 heterocycles. The molecule has 0 aromatic heterocycles. The van der Waals surface area contributed by atoms with Gasteiger partial charge in [0.2, 0.25) is 0 Å². The van der Waals surface area contributed by atoms with E-state index in [9.17, 15) is 0 Å². The number of fused-ring (bicyclic) bond motifs is 1. The van der Waals surface area contributed by atoms with Crippen LogP contribution in [0.15, 0.2) is 42.5 Å². The molecular weight excluding hydrogens is 208 g/mol. The van der Waals surface area contributed by atoms with Crippen LogP contribution in [0.25, 0.3) is 10.8 Å². The van der Waals surface area contributed by atoms with Gasteiger partial charge in [-0.05, 0) is 41.5 Å². The molecule has 1 unspecified atom stereocenters. The normalized spacial score (nSPS) is 17.2. The lowest BCUT2D eigenvalue weighted by atomic mass is 9.97. The number of hydrazine groups is 1. The summed E-state index contributed by atoms with van der Waals surface area (Å²) in [5.41, 5.74) is 4.38. The second-order valence-corrected chi connectivity index (χ2v) is 4.95. The highest BCUT2D eigenvalue weighted by atomic mass is 15.2. The average Bonchev–Trinajstić information content (AvgIpc) is 3.20. The number of hydrogen-bond donors (Lipinski definition) is 2. The van der Waals surface area contributed by atoms with Gasteiger partial charge in [-0.3, -0.25) is 11.3 Å². The first-order valence-corrected chi connectivity index (χ1v) is 6.31. The Morgan fingerprint density at radius 3 is 2.65 bits per heavy atom. The number of nitrogens with one attached hydrogen (secondary N) is 1. The van der Waals surface area contributed by atoms with E-state index >= 15 is 0 Å². The van der Waals surface area contributed by atoms with Crippen molar-refractivity contribution >= 4 is 10.8 Å². The van der Waals surface area contributed by atoms with Gasteiger partial charge in [0.05, 0.1) is 0 Å². The summed E-state index contributed by atoms with van der Waals surface area (Å²) in [5, 5.41) is 2.67. The van der Waals surface area contributed by atoms with Crippen LogP contribution in [0.4, 0.5) is 0 Å². The van der Waals surface area contributed by atoms with Crippen molar-refractivity contribution in [3.63, 3.8) is 0 Å². The average molecular weight is 226 g/mol. The van der Waals surface area contributed by atoms with Crippen molar-refractivity contribution in [2.75, 3.05) is 0 Å². The Hall–Kier alpha value is -1.38. The summed E-state index contributed by atoms with van der Waals surface area (Å²) in [7, 11) is 0. The fourth-order valence-electron chi connectivity index (χ4n) is 2.57. The Morgan fingerprint density at radius 1 is 1.12 bits per heavy atom. The van der Waals surface area contributed by atoms with Crippen LogP contribution >= 0.6 is 0 Å². The number of nitrogens with two attached hydrogens (primary N) is 1. The number of benzene rings is 2. The predicted molar refractivity (Wildman–Crippen MR) is 71.5 cm³/mol. The van der Waals surface area contributed by atoms with Gasteiger partial charge in [-0.2, -0.15) is 0 Å². The molecule has 2 aromatic carbocycles. The second kappa shape index (κ2) is 4.47. The third kappa shape index (κ3) is 2.19. The molecule has 0 saturated heterocycles. The van der Waals surface area contributed by atoms with Gasteiger partial charge in [0.1, 0.15) is 0 Å². The zero-order valence-corrected chi connectivity index (χ0v) is 9.89. The van der Waals surface area contributed by atoms with E-state index in [-0.39, 0.29) is 0 Å². The Labute approximate surface area is 102 Å². The van der Waals surface area contributed by atoms with Crippen LogP contribution < -0.4 is 11.3 Å². The summed E-state index contributed by atoms with van der Waals surface area (Å²) in [6.45, 7) is 0. The van der Waals surface area contributed by atoms with Gasteiger partial charge in [-0.1, -0.05) is 42.5 Å². The highest BCUT2D eigenvalue weighted by Gasteiger charge is 2.30. The molecule has 1 saturated carbocycles. The maximum absolute atomic E-state index is 5.66. The summed E-state index contributed by atoms with van der Waals surface area (Å²) in [6, 6.07) is 15.5. The van der Waals surface area contributed by atoms with E-state index in [0.717, 1.165) is 12.3 Å². The maximum Gasteiger partial charge on any atom is 0.0279 e. The molecule has 1 aliphatic rings. The van der Waals surface area contributed by atoms with Crippen molar-refractivity contribution in [2.24, 2.45) is 11.8 Å². The van der Waals surface area contributed by atoms with E-state index in [1.165, 1.54) is 29.2 Å². The zero-order valence-electron chi connectivity index (χ0n) is 9.89. The topological polar surface area (TPSA) is 38.0 Å². The van der Waals surface area contributed by atoms with Crippen molar-refractivity contribution < 1.29 is 0 Å². The first-order valence-electron chi connectivity index (χ1n) is 6.31. The molecule has 1 aliphatic carbocycles. The molecule has 0 aliphatic heterocycles. The summed E-state index contributed by atoms with van der Waals surface area (Å²) >= 11 is 0. The lowest BCUT2D eigenvalue weighted by molar-refractivity contribution is 0.473. The van der Waals surface area contributed by atoms with E-state index in [1.54, 1.807) is 0 Å². The highest BCUT2D eigenvalue weighted by molar-refractivity contribution is 5.85. The van der Waals surface area contributed by atoms with E-state index in [0.29, 0.717) is 6.04 Å². The summed E-state index contributed by atoms with van der Waals surface area (Å²) in [4.78, 5) is 0. The quantitative estimate of drug-likeness (QED) is 0.621. The van der Waals surface area contributed by atoms with Crippen LogP contribution in [0, 0.1) is 5.92 Å². The van der Waals surface area contributed by atoms with Gasteiger partial charge in [0.25, 0.3) is 0 Å².